The molecule has 0 rings (SSSR count). The minimum Gasteiger partial charge on any atom is -0.395 e. The van der Waals surface area contributed by atoms with E-state index in [-0.39, 0.29) is 23.7 Å². The van der Waals surface area contributed by atoms with Crippen molar-refractivity contribution in [2.75, 3.05) is 13.2 Å². The molecule has 3 N–H and O–H groups in total. The molecule has 0 aliphatic rings. The Kier molecular flexibility index (Phi) is 16.0. The number of aliphatic hydroxyl groups excluding tert-OH is 1. The summed E-state index contributed by atoms with van der Waals surface area (Å²) in [7, 11) is 0. The van der Waals surface area contributed by atoms with Crippen molar-refractivity contribution in [1.29, 1.82) is 0 Å². The predicted molar refractivity (Wildman–Crippen MR) is 16.1 cm³/mol. The number of hydrogen-bond donors (Lipinski definition) is 2. The van der Waals surface area contributed by atoms with Gasteiger partial charge in [0.15, 0.2) is 0 Å². The standard InChI is InChI=1S/C2H7NO.Cu/c3-1-2-4;/h4H,1-3H2;/q;+2. The minimum absolute atomic E-state index is 0. The summed E-state index contributed by atoms with van der Waals surface area (Å²) in [6.45, 7) is 0.472. The van der Waals surface area contributed by atoms with Gasteiger partial charge in [-0.05, 0) is 0 Å². The van der Waals surface area contributed by atoms with E-state index in [2.05, 4.69) is 0 Å². The third kappa shape index (κ3) is 12.8. The number of rotatable bonds is 1. The molecule has 0 spiro atoms. The molecule has 0 aromatic heterocycles. The molecule has 0 unspecified atom stereocenters. The summed E-state index contributed by atoms with van der Waals surface area (Å²) in [6, 6.07) is 0. The first-order valence-corrected chi connectivity index (χ1v) is 1.22. The Morgan fingerprint density at radius 2 is 1.80 bits per heavy atom. The summed E-state index contributed by atoms with van der Waals surface area (Å²) in [5.74, 6) is 0. The molecule has 5 heavy (non-hydrogen) atoms. The average molecular weight is 125 g/mol. The van der Waals surface area contributed by atoms with E-state index >= 15 is 0 Å². The van der Waals surface area contributed by atoms with E-state index in [0.717, 1.165) is 0 Å². The quantitative estimate of drug-likeness (QED) is 0.438. The Balaban J connectivity index is 0. The van der Waals surface area contributed by atoms with E-state index in [1.165, 1.54) is 0 Å². The number of nitrogens with two attached hydrogens (primary N) is 1. The van der Waals surface area contributed by atoms with Crippen LogP contribution in [0.3, 0.4) is 0 Å². The van der Waals surface area contributed by atoms with E-state index < -0.39 is 0 Å². The van der Waals surface area contributed by atoms with Crippen molar-refractivity contribution in [3.05, 3.63) is 0 Å². The van der Waals surface area contributed by atoms with Gasteiger partial charge in [0, 0.05) is 6.54 Å². The molecular formula is C2H7CuNO+2. The van der Waals surface area contributed by atoms with Crippen molar-refractivity contribution < 1.29 is 22.2 Å². The van der Waals surface area contributed by atoms with Crippen LogP contribution in [0.1, 0.15) is 0 Å². The van der Waals surface area contributed by atoms with E-state index in [1.54, 1.807) is 0 Å². The van der Waals surface area contributed by atoms with Crippen LogP contribution >= 0.6 is 0 Å². The molecule has 2 nitrogen and oxygen atoms in total. The summed E-state index contributed by atoms with van der Waals surface area (Å²) in [6.07, 6.45) is 0. The monoisotopic (exact) mass is 124 g/mol. The second-order valence-electron chi connectivity index (χ2n) is 0.512. The smallest absolute Gasteiger partial charge is 0.395 e. The molecule has 0 fully saturated rings. The Morgan fingerprint density at radius 3 is 1.80 bits per heavy atom. The summed E-state index contributed by atoms with van der Waals surface area (Å²) in [5.41, 5.74) is 4.78. The molecule has 0 heterocycles. The molecule has 0 aliphatic heterocycles. The second-order valence-corrected chi connectivity index (χ2v) is 0.512. The molecule has 3 heteroatoms. The Hall–Kier alpha value is 0.439. The van der Waals surface area contributed by atoms with E-state index in [9.17, 15) is 0 Å². The third-order valence-electron chi connectivity index (χ3n) is 0.129. The molecule has 0 atom stereocenters. The first-order chi connectivity index (χ1) is 1.91. The van der Waals surface area contributed by atoms with Crippen molar-refractivity contribution >= 4 is 0 Å². The van der Waals surface area contributed by atoms with Crippen LogP contribution in [-0.4, -0.2) is 18.3 Å². The van der Waals surface area contributed by atoms with E-state index in [0.29, 0.717) is 6.54 Å². The van der Waals surface area contributed by atoms with Crippen molar-refractivity contribution in [2.45, 2.75) is 0 Å². The molecule has 1 radical (unpaired) electrons. The van der Waals surface area contributed by atoms with Crippen LogP contribution in [0.25, 0.3) is 0 Å². The first kappa shape index (κ1) is 9.06. The largest absolute Gasteiger partial charge is 2.00 e. The second kappa shape index (κ2) is 8.83. The third-order valence-corrected chi connectivity index (χ3v) is 0.129. The molecule has 0 aromatic rings. The van der Waals surface area contributed by atoms with Crippen molar-refractivity contribution in [2.24, 2.45) is 5.73 Å². The summed E-state index contributed by atoms with van der Waals surface area (Å²) in [5, 5.41) is 7.75. The van der Waals surface area contributed by atoms with Gasteiger partial charge in [0.25, 0.3) is 0 Å². The maximum absolute atomic E-state index is 7.75. The van der Waals surface area contributed by atoms with Gasteiger partial charge < -0.3 is 10.8 Å². The number of aliphatic hydroxyl groups is 1. The van der Waals surface area contributed by atoms with Gasteiger partial charge in [-0.25, -0.2) is 0 Å². The van der Waals surface area contributed by atoms with Crippen LogP contribution in [0.4, 0.5) is 0 Å². The Labute approximate surface area is 41.8 Å². The van der Waals surface area contributed by atoms with Crippen LogP contribution < -0.4 is 5.73 Å². The Bertz CT molecular complexity index is 11.6. The topological polar surface area (TPSA) is 46.2 Å². The maximum Gasteiger partial charge on any atom is 2.00 e. The molecule has 0 saturated heterocycles. The number of hydrogen-bond acceptors (Lipinski definition) is 2. The van der Waals surface area contributed by atoms with Crippen molar-refractivity contribution in [3.8, 4) is 0 Å². The summed E-state index contributed by atoms with van der Waals surface area (Å²) < 4.78 is 0. The zero-order chi connectivity index (χ0) is 3.41. The molecule has 35 valence electrons. The van der Waals surface area contributed by atoms with Gasteiger partial charge in [-0.3, -0.25) is 0 Å². The van der Waals surface area contributed by atoms with Crippen LogP contribution in [0.2, 0.25) is 0 Å². The van der Waals surface area contributed by atoms with Crippen LogP contribution in [0.15, 0.2) is 0 Å². The zero-order valence-corrected chi connectivity index (χ0v) is 3.68. The molecule has 0 saturated carbocycles. The zero-order valence-electron chi connectivity index (χ0n) is 2.74. The van der Waals surface area contributed by atoms with Crippen LogP contribution in [0, 0.1) is 0 Å². The first-order valence-electron chi connectivity index (χ1n) is 1.22. The van der Waals surface area contributed by atoms with Gasteiger partial charge in [-0.1, -0.05) is 0 Å². The van der Waals surface area contributed by atoms with Gasteiger partial charge in [0.05, 0.1) is 6.61 Å². The normalized spacial score (nSPS) is 6.00. The molecular weight excluding hydrogens is 118 g/mol. The van der Waals surface area contributed by atoms with Gasteiger partial charge in [0.1, 0.15) is 0 Å². The van der Waals surface area contributed by atoms with Crippen LogP contribution in [-0.2, 0) is 17.1 Å². The van der Waals surface area contributed by atoms with Gasteiger partial charge >= 0.3 is 17.1 Å². The van der Waals surface area contributed by atoms with E-state index in [4.69, 9.17) is 10.8 Å². The van der Waals surface area contributed by atoms with Crippen molar-refractivity contribution in [3.63, 3.8) is 0 Å². The van der Waals surface area contributed by atoms with E-state index in [1.807, 2.05) is 0 Å². The fourth-order valence-electron chi connectivity index (χ4n) is 0. The maximum atomic E-state index is 7.75. The SMILES string of the molecule is NCCO.[Cu+2]. The van der Waals surface area contributed by atoms with Gasteiger partial charge in [-0.2, -0.15) is 0 Å². The average Bonchev–Trinajstić information content (AvgIpc) is 1.37. The molecule has 0 aromatic carbocycles. The fourth-order valence-corrected chi connectivity index (χ4v) is 0. The fraction of sp³-hybridized carbons (Fsp3) is 1.00. The van der Waals surface area contributed by atoms with Gasteiger partial charge in [-0.15, -0.1) is 0 Å². The molecule has 0 amide bonds. The van der Waals surface area contributed by atoms with Gasteiger partial charge in [0.2, 0.25) is 0 Å². The van der Waals surface area contributed by atoms with Crippen molar-refractivity contribution in [1.82, 2.24) is 0 Å². The minimum atomic E-state index is 0. The predicted octanol–water partition coefficient (Wildman–Crippen LogP) is -1.07. The molecule has 0 bridgehead atoms. The van der Waals surface area contributed by atoms with Crippen LogP contribution in [0.5, 0.6) is 0 Å². The summed E-state index contributed by atoms with van der Waals surface area (Å²) in [4.78, 5) is 0. The molecule has 0 aliphatic carbocycles. The summed E-state index contributed by atoms with van der Waals surface area (Å²) >= 11 is 0. The Morgan fingerprint density at radius 1 is 1.60 bits per heavy atom.